The summed E-state index contributed by atoms with van der Waals surface area (Å²) in [5.74, 6) is 1.07. The highest BCUT2D eigenvalue weighted by Gasteiger charge is 2.10. The molecule has 0 aliphatic heterocycles. The van der Waals surface area contributed by atoms with Crippen molar-refractivity contribution in [2.45, 2.75) is 20.5 Å². The normalized spacial score (nSPS) is 11.6. The molecule has 32 heavy (non-hydrogen) atoms. The third kappa shape index (κ3) is 5.11. The third-order valence-corrected chi connectivity index (χ3v) is 6.03. The first-order valence-electron chi connectivity index (χ1n) is 9.91. The number of amides is 1. The van der Waals surface area contributed by atoms with Crippen molar-refractivity contribution in [3.05, 3.63) is 98.1 Å². The van der Waals surface area contributed by atoms with Crippen LogP contribution in [0.5, 0.6) is 5.75 Å². The fourth-order valence-corrected chi connectivity index (χ4v) is 4.79. The molecule has 1 N–H and O–H groups in total. The van der Waals surface area contributed by atoms with Crippen LogP contribution >= 0.6 is 31.9 Å². The number of para-hydroxylation sites is 1. The summed E-state index contributed by atoms with van der Waals surface area (Å²) < 4.78 is 13.5. The lowest BCUT2D eigenvalue weighted by Crippen LogP contribution is -2.19. The number of nitrogens with one attached hydrogen (secondary N) is 1. The van der Waals surface area contributed by atoms with Gasteiger partial charge in [0, 0.05) is 10.9 Å². The zero-order chi connectivity index (χ0) is 22.7. The molecule has 0 atom stereocenters. The molecule has 1 amide bonds. The van der Waals surface area contributed by atoms with Crippen molar-refractivity contribution in [1.29, 1.82) is 0 Å². The van der Waals surface area contributed by atoms with Crippen molar-refractivity contribution in [1.82, 2.24) is 5.43 Å². The standard InChI is InChI=1S/C25H20Br2N2O3/c1-15-11-20(26)24(21(27)12-15)31-14-17-7-9-18(10-8-17)25(30)29-28-16(2)23-13-19-5-3-4-6-22(19)32-23/h3-13H,14H2,1-2H3,(H,29,30). The van der Waals surface area contributed by atoms with Crippen LogP contribution in [0.25, 0.3) is 11.0 Å². The summed E-state index contributed by atoms with van der Waals surface area (Å²) >= 11 is 7.06. The largest absolute Gasteiger partial charge is 0.487 e. The van der Waals surface area contributed by atoms with E-state index in [0.717, 1.165) is 36.8 Å². The smallest absolute Gasteiger partial charge is 0.271 e. The molecule has 5 nitrogen and oxygen atoms in total. The van der Waals surface area contributed by atoms with E-state index in [-0.39, 0.29) is 5.91 Å². The lowest BCUT2D eigenvalue weighted by molar-refractivity contribution is 0.0954. The van der Waals surface area contributed by atoms with Crippen LogP contribution in [0.4, 0.5) is 0 Å². The summed E-state index contributed by atoms with van der Waals surface area (Å²) in [7, 11) is 0. The number of nitrogens with zero attached hydrogens (tertiary/aromatic N) is 1. The van der Waals surface area contributed by atoms with Crippen LogP contribution in [0.15, 0.2) is 85.2 Å². The van der Waals surface area contributed by atoms with E-state index in [1.165, 1.54) is 0 Å². The van der Waals surface area contributed by atoms with Gasteiger partial charge in [0.2, 0.25) is 0 Å². The van der Waals surface area contributed by atoms with Gasteiger partial charge >= 0.3 is 0 Å². The van der Waals surface area contributed by atoms with Crippen LogP contribution in [0, 0.1) is 6.92 Å². The predicted molar refractivity (Wildman–Crippen MR) is 133 cm³/mol. The van der Waals surface area contributed by atoms with Gasteiger partial charge in [-0.05, 0) is 93.2 Å². The molecule has 4 rings (SSSR count). The number of hydrogen-bond acceptors (Lipinski definition) is 4. The number of benzene rings is 3. The van der Waals surface area contributed by atoms with E-state index in [2.05, 4.69) is 42.4 Å². The lowest BCUT2D eigenvalue weighted by atomic mass is 10.1. The highest BCUT2D eigenvalue weighted by molar-refractivity contribution is 9.11. The number of ether oxygens (including phenoxy) is 1. The van der Waals surface area contributed by atoms with Gasteiger partial charge in [-0.15, -0.1) is 0 Å². The molecule has 0 saturated heterocycles. The summed E-state index contributed by atoms with van der Waals surface area (Å²) in [4.78, 5) is 12.5. The van der Waals surface area contributed by atoms with Gasteiger partial charge in [0.1, 0.15) is 23.7 Å². The van der Waals surface area contributed by atoms with E-state index in [9.17, 15) is 4.79 Å². The number of aryl methyl sites for hydroxylation is 1. The molecular formula is C25H20Br2N2O3. The van der Waals surface area contributed by atoms with Crippen molar-refractivity contribution in [3.8, 4) is 5.75 Å². The van der Waals surface area contributed by atoms with E-state index in [0.29, 0.717) is 23.6 Å². The Bertz CT molecular complexity index is 1250. The van der Waals surface area contributed by atoms with E-state index in [1.54, 1.807) is 19.1 Å². The third-order valence-electron chi connectivity index (χ3n) is 4.85. The zero-order valence-corrected chi connectivity index (χ0v) is 20.7. The number of hydrogen-bond donors (Lipinski definition) is 1. The van der Waals surface area contributed by atoms with E-state index in [1.807, 2.05) is 61.5 Å². The Hall–Kier alpha value is -2.90. The Balaban J connectivity index is 1.38. The molecule has 0 saturated carbocycles. The lowest BCUT2D eigenvalue weighted by Gasteiger charge is -2.11. The number of carbonyl (C=O) groups is 1. The van der Waals surface area contributed by atoms with Crippen molar-refractivity contribution in [2.24, 2.45) is 5.10 Å². The molecule has 0 bridgehead atoms. The zero-order valence-electron chi connectivity index (χ0n) is 17.5. The minimum absolute atomic E-state index is 0.294. The molecule has 0 unspecified atom stereocenters. The Labute approximate surface area is 202 Å². The average molecular weight is 556 g/mol. The molecule has 0 fully saturated rings. The minimum atomic E-state index is -0.294. The Morgan fingerprint density at radius 2 is 1.72 bits per heavy atom. The minimum Gasteiger partial charge on any atom is -0.487 e. The first kappa shape index (κ1) is 22.3. The van der Waals surface area contributed by atoms with Crippen LogP contribution in [-0.4, -0.2) is 11.6 Å². The van der Waals surface area contributed by atoms with Gasteiger partial charge in [-0.3, -0.25) is 4.79 Å². The van der Waals surface area contributed by atoms with Gasteiger partial charge in [0.05, 0.1) is 8.95 Å². The number of furan rings is 1. The highest BCUT2D eigenvalue weighted by Crippen LogP contribution is 2.35. The summed E-state index contributed by atoms with van der Waals surface area (Å²) in [6, 6.07) is 20.9. The second-order valence-electron chi connectivity index (χ2n) is 7.33. The number of carbonyl (C=O) groups excluding carboxylic acids is 1. The van der Waals surface area contributed by atoms with Crippen LogP contribution in [0.3, 0.4) is 0 Å². The second-order valence-corrected chi connectivity index (χ2v) is 9.04. The first-order valence-corrected chi connectivity index (χ1v) is 11.5. The molecule has 0 spiro atoms. The molecule has 7 heteroatoms. The van der Waals surface area contributed by atoms with Crippen molar-refractivity contribution in [2.75, 3.05) is 0 Å². The molecule has 3 aromatic carbocycles. The SMILES string of the molecule is CC(=NNC(=O)c1ccc(COc2c(Br)cc(C)cc2Br)cc1)c1cc2ccccc2o1. The maximum Gasteiger partial charge on any atom is 0.271 e. The molecule has 4 aromatic rings. The number of rotatable bonds is 6. The fraction of sp³-hybridized carbons (Fsp3) is 0.120. The molecule has 162 valence electrons. The van der Waals surface area contributed by atoms with Crippen LogP contribution < -0.4 is 10.2 Å². The van der Waals surface area contributed by atoms with Gasteiger partial charge in [0.15, 0.2) is 5.76 Å². The van der Waals surface area contributed by atoms with Gasteiger partial charge < -0.3 is 9.15 Å². The summed E-state index contributed by atoms with van der Waals surface area (Å²) in [6.07, 6.45) is 0. The van der Waals surface area contributed by atoms with Crippen LogP contribution in [0.2, 0.25) is 0 Å². The van der Waals surface area contributed by atoms with E-state index in [4.69, 9.17) is 9.15 Å². The maximum absolute atomic E-state index is 12.5. The van der Waals surface area contributed by atoms with Gasteiger partial charge in [-0.25, -0.2) is 5.43 Å². The Morgan fingerprint density at radius 1 is 1.03 bits per heavy atom. The van der Waals surface area contributed by atoms with Gasteiger partial charge in [0.25, 0.3) is 5.91 Å². The van der Waals surface area contributed by atoms with Gasteiger partial charge in [-0.1, -0.05) is 30.3 Å². The summed E-state index contributed by atoms with van der Waals surface area (Å²) in [5, 5.41) is 5.17. The molecule has 0 aliphatic carbocycles. The van der Waals surface area contributed by atoms with Crippen molar-refractivity contribution in [3.63, 3.8) is 0 Å². The fourth-order valence-electron chi connectivity index (χ4n) is 3.15. The molecule has 1 heterocycles. The molecule has 0 radical (unpaired) electrons. The topological polar surface area (TPSA) is 63.8 Å². The number of fused-ring (bicyclic) bond motifs is 1. The summed E-state index contributed by atoms with van der Waals surface area (Å²) in [6.45, 7) is 4.19. The number of halogens is 2. The molecule has 1 aromatic heterocycles. The average Bonchev–Trinajstić information content (AvgIpc) is 3.21. The Kier molecular flexibility index (Phi) is 6.77. The number of hydrazone groups is 1. The van der Waals surface area contributed by atoms with E-state index >= 15 is 0 Å². The monoisotopic (exact) mass is 554 g/mol. The van der Waals surface area contributed by atoms with Crippen molar-refractivity contribution < 1.29 is 13.9 Å². The quantitative estimate of drug-likeness (QED) is 0.206. The predicted octanol–water partition coefficient (Wildman–Crippen LogP) is 7.00. The Morgan fingerprint density at radius 3 is 2.41 bits per heavy atom. The van der Waals surface area contributed by atoms with Crippen molar-refractivity contribution >= 4 is 54.4 Å². The molecular weight excluding hydrogens is 536 g/mol. The highest BCUT2D eigenvalue weighted by atomic mass is 79.9. The van der Waals surface area contributed by atoms with E-state index < -0.39 is 0 Å². The first-order chi connectivity index (χ1) is 15.4. The van der Waals surface area contributed by atoms with Crippen LogP contribution in [0.1, 0.15) is 34.2 Å². The maximum atomic E-state index is 12.5. The van der Waals surface area contributed by atoms with Gasteiger partial charge in [-0.2, -0.15) is 5.10 Å². The summed E-state index contributed by atoms with van der Waals surface area (Å²) in [5.41, 5.74) is 6.54. The second kappa shape index (κ2) is 9.71. The van der Waals surface area contributed by atoms with Crippen LogP contribution in [-0.2, 0) is 6.61 Å². The molecule has 0 aliphatic rings.